The summed E-state index contributed by atoms with van der Waals surface area (Å²) in [5.74, 6) is -0.631. The van der Waals surface area contributed by atoms with Crippen molar-refractivity contribution in [2.45, 2.75) is 168 Å². The Morgan fingerprint density at radius 3 is 1.42 bits per heavy atom. The standard InChI is InChI=1S/C38H66O5/c1-3-5-7-9-11-13-15-17-18-19-20-21-23-24-26-28-30-32-37(40)42-35-36(34-39)43-38(41)33-31-29-27-25-22-16-14-12-10-8-6-4-2/h11-14,17-18,20-21,36,39H,3-10,15-16,19,22-35H2,1-2H3/b13-11+,14-12+,18-17+,21-20+/t36-/m0/s1. The molecule has 0 amide bonds. The third-order valence-corrected chi connectivity index (χ3v) is 7.35. The van der Waals surface area contributed by atoms with E-state index in [1.165, 1.54) is 64.2 Å². The molecule has 0 aliphatic heterocycles. The van der Waals surface area contributed by atoms with Crippen LogP contribution in [0.2, 0.25) is 0 Å². The van der Waals surface area contributed by atoms with Crippen LogP contribution in [0.1, 0.15) is 162 Å². The van der Waals surface area contributed by atoms with Gasteiger partial charge in [-0.15, -0.1) is 0 Å². The number of unbranched alkanes of at least 4 members (excludes halogenated alkanes) is 15. The summed E-state index contributed by atoms with van der Waals surface area (Å²) < 4.78 is 10.5. The van der Waals surface area contributed by atoms with E-state index in [1.54, 1.807) is 0 Å². The highest BCUT2D eigenvalue weighted by atomic mass is 16.6. The zero-order chi connectivity index (χ0) is 31.5. The second-order valence-electron chi connectivity index (χ2n) is 11.6. The first-order chi connectivity index (χ1) is 21.1. The molecule has 248 valence electrons. The molecule has 0 aromatic heterocycles. The Kier molecular flexibility index (Phi) is 32.6. The van der Waals surface area contributed by atoms with Crippen molar-refractivity contribution in [2.75, 3.05) is 13.2 Å². The summed E-state index contributed by atoms with van der Waals surface area (Å²) in [4.78, 5) is 24.1. The quantitative estimate of drug-likeness (QED) is 0.0485. The highest BCUT2D eigenvalue weighted by Gasteiger charge is 2.16. The molecule has 1 atom stereocenters. The van der Waals surface area contributed by atoms with Crippen molar-refractivity contribution < 1.29 is 24.2 Å². The van der Waals surface area contributed by atoms with Gasteiger partial charge >= 0.3 is 11.9 Å². The maximum atomic E-state index is 12.1. The average Bonchev–Trinajstić information content (AvgIpc) is 3.01. The van der Waals surface area contributed by atoms with Gasteiger partial charge < -0.3 is 14.6 Å². The van der Waals surface area contributed by atoms with Crippen molar-refractivity contribution in [2.24, 2.45) is 0 Å². The smallest absolute Gasteiger partial charge is 0.306 e. The number of carbonyl (C=O) groups is 2. The van der Waals surface area contributed by atoms with Gasteiger partial charge in [-0.2, -0.15) is 0 Å². The number of aliphatic hydroxyl groups excluding tert-OH is 1. The molecule has 5 heteroatoms. The first-order valence-electron chi connectivity index (χ1n) is 17.7. The van der Waals surface area contributed by atoms with Crippen LogP contribution in [0.15, 0.2) is 48.6 Å². The van der Waals surface area contributed by atoms with E-state index in [4.69, 9.17) is 9.47 Å². The van der Waals surface area contributed by atoms with Crippen LogP contribution in [0, 0.1) is 0 Å². The second-order valence-corrected chi connectivity index (χ2v) is 11.6. The van der Waals surface area contributed by atoms with Gasteiger partial charge in [-0.3, -0.25) is 9.59 Å². The second kappa shape index (κ2) is 34.4. The van der Waals surface area contributed by atoms with Crippen LogP contribution < -0.4 is 0 Å². The molecule has 0 fully saturated rings. The molecule has 0 spiro atoms. The average molecular weight is 603 g/mol. The van der Waals surface area contributed by atoms with E-state index in [1.807, 2.05) is 0 Å². The van der Waals surface area contributed by atoms with Crippen LogP contribution in [-0.4, -0.2) is 36.4 Å². The zero-order valence-electron chi connectivity index (χ0n) is 28.0. The molecule has 0 aromatic carbocycles. The molecule has 0 aromatic rings. The fraction of sp³-hybridized carbons (Fsp3) is 0.737. The molecule has 0 radical (unpaired) electrons. The summed E-state index contributed by atoms with van der Waals surface area (Å²) in [5, 5.41) is 9.51. The number of aliphatic hydroxyl groups is 1. The van der Waals surface area contributed by atoms with Crippen LogP contribution in [0.3, 0.4) is 0 Å². The van der Waals surface area contributed by atoms with Crippen LogP contribution in [0.25, 0.3) is 0 Å². The Morgan fingerprint density at radius 1 is 0.535 bits per heavy atom. The maximum absolute atomic E-state index is 12.1. The fourth-order valence-corrected chi connectivity index (χ4v) is 4.61. The van der Waals surface area contributed by atoms with Crippen molar-refractivity contribution >= 4 is 11.9 Å². The molecule has 0 aliphatic rings. The highest BCUT2D eigenvalue weighted by Crippen LogP contribution is 2.11. The molecule has 0 saturated carbocycles. The van der Waals surface area contributed by atoms with E-state index in [-0.39, 0.29) is 25.2 Å². The first kappa shape index (κ1) is 40.9. The topological polar surface area (TPSA) is 72.8 Å². The van der Waals surface area contributed by atoms with Gasteiger partial charge in [-0.25, -0.2) is 0 Å². The Hall–Kier alpha value is -2.14. The Morgan fingerprint density at radius 2 is 0.930 bits per heavy atom. The molecule has 43 heavy (non-hydrogen) atoms. The lowest BCUT2D eigenvalue weighted by Gasteiger charge is -2.15. The van der Waals surface area contributed by atoms with Gasteiger partial charge in [0.15, 0.2) is 6.10 Å². The minimum atomic E-state index is -0.783. The van der Waals surface area contributed by atoms with Gasteiger partial charge in [-0.05, 0) is 77.0 Å². The van der Waals surface area contributed by atoms with E-state index in [9.17, 15) is 14.7 Å². The number of esters is 2. The summed E-state index contributed by atoms with van der Waals surface area (Å²) in [5.41, 5.74) is 0. The molecule has 0 bridgehead atoms. The predicted molar refractivity (Wildman–Crippen MR) is 182 cm³/mol. The lowest BCUT2D eigenvalue weighted by atomic mass is 10.1. The molecular weight excluding hydrogens is 536 g/mol. The highest BCUT2D eigenvalue weighted by molar-refractivity contribution is 5.70. The lowest BCUT2D eigenvalue weighted by Crippen LogP contribution is -2.28. The first-order valence-corrected chi connectivity index (χ1v) is 17.7. The van der Waals surface area contributed by atoms with E-state index in [0.29, 0.717) is 12.8 Å². The van der Waals surface area contributed by atoms with Gasteiger partial charge in [0.25, 0.3) is 0 Å². The Bertz CT molecular complexity index is 737. The van der Waals surface area contributed by atoms with E-state index in [2.05, 4.69) is 62.5 Å². The molecule has 0 aliphatic carbocycles. The van der Waals surface area contributed by atoms with Crippen molar-refractivity contribution in [3.05, 3.63) is 48.6 Å². The number of rotatable bonds is 31. The van der Waals surface area contributed by atoms with Crippen LogP contribution >= 0.6 is 0 Å². The van der Waals surface area contributed by atoms with Gasteiger partial charge in [0.05, 0.1) is 6.61 Å². The fourth-order valence-electron chi connectivity index (χ4n) is 4.61. The van der Waals surface area contributed by atoms with Gasteiger partial charge in [-0.1, -0.05) is 120 Å². The van der Waals surface area contributed by atoms with Crippen LogP contribution in [-0.2, 0) is 19.1 Å². The largest absolute Gasteiger partial charge is 0.462 e. The number of allylic oxidation sites excluding steroid dienone is 8. The Labute approximate surface area is 265 Å². The summed E-state index contributed by atoms with van der Waals surface area (Å²) in [6.45, 7) is 4.04. The van der Waals surface area contributed by atoms with Crippen LogP contribution in [0.4, 0.5) is 0 Å². The summed E-state index contributed by atoms with van der Waals surface area (Å²) >= 11 is 0. The third-order valence-electron chi connectivity index (χ3n) is 7.35. The van der Waals surface area contributed by atoms with E-state index >= 15 is 0 Å². The zero-order valence-corrected chi connectivity index (χ0v) is 28.0. The van der Waals surface area contributed by atoms with Crippen molar-refractivity contribution in [3.63, 3.8) is 0 Å². The van der Waals surface area contributed by atoms with Gasteiger partial charge in [0.1, 0.15) is 6.61 Å². The van der Waals surface area contributed by atoms with Crippen LogP contribution in [0.5, 0.6) is 0 Å². The molecule has 1 N–H and O–H groups in total. The number of carbonyl (C=O) groups excluding carboxylic acids is 2. The normalized spacial score (nSPS) is 12.7. The molecule has 0 saturated heterocycles. The van der Waals surface area contributed by atoms with E-state index in [0.717, 1.165) is 70.6 Å². The minimum absolute atomic E-state index is 0.0818. The van der Waals surface area contributed by atoms with Crippen molar-refractivity contribution in [1.82, 2.24) is 0 Å². The number of hydrogen-bond donors (Lipinski definition) is 1. The van der Waals surface area contributed by atoms with Gasteiger partial charge in [0, 0.05) is 12.8 Å². The van der Waals surface area contributed by atoms with Gasteiger partial charge in [0.2, 0.25) is 0 Å². The summed E-state index contributed by atoms with van der Waals surface area (Å²) in [6.07, 6.45) is 41.6. The third kappa shape index (κ3) is 32.6. The Balaban J connectivity index is 3.65. The molecule has 0 unspecified atom stereocenters. The van der Waals surface area contributed by atoms with E-state index < -0.39 is 6.10 Å². The predicted octanol–water partition coefficient (Wildman–Crippen LogP) is 10.7. The molecule has 0 rings (SSSR count). The number of hydrogen-bond acceptors (Lipinski definition) is 5. The van der Waals surface area contributed by atoms with Crippen molar-refractivity contribution in [1.29, 1.82) is 0 Å². The SMILES string of the molecule is CCCCC/C=C/C/C=C/C/C=C/CCCCCCC(=O)OC[C@H](CO)OC(=O)CCCCCCC/C=C/CCCCC. The number of ether oxygens (including phenoxy) is 2. The van der Waals surface area contributed by atoms with Crippen molar-refractivity contribution in [3.8, 4) is 0 Å². The minimum Gasteiger partial charge on any atom is -0.462 e. The molecule has 5 nitrogen and oxygen atoms in total. The maximum Gasteiger partial charge on any atom is 0.306 e. The summed E-state index contributed by atoms with van der Waals surface area (Å²) in [7, 11) is 0. The monoisotopic (exact) mass is 602 g/mol. The molecular formula is C38H66O5. The lowest BCUT2D eigenvalue weighted by molar-refractivity contribution is -0.161. The molecule has 0 heterocycles. The summed E-state index contributed by atoms with van der Waals surface area (Å²) in [6, 6.07) is 0.